The molecule has 19 heavy (non-hydrogen) atoms. The average Bonchev–Trinajstić information content (AvgIpc) is 3.04. The van der Waals surface area contributed by atoms with Crippen LogP contribution in [-0.4, -0.2) is 31.6 Å². The standard InChI is InChI=1S/C12H15N3O2S2/c1-3-10-13-14-12(19-7-11(16)17)15(10)8(2)9-4-5-18-6-9/h4-6,8H,3,7H2,1-2H3,(H,16,17). The monoisotopic (exact) mass is 297 g/mol. The van der Waals surface area contributed by atoms with Crippen LogP contribution in [0.2, 0.25) is 0 Å². The van der Waals surface area contributed by atoms with Crippen LogP contribution < -0.4 is 0 Å². The summed E-state index contributed by atoms with van der Waals surface area (Å²) in [5, 5.41) is 21.8. The molecule has 0 saturated heterocycles. The summed E-state index contributed by atoms with van der Waals surface area (Å²) in [7, 11) is 0. The van der Waals surface area contributed by atoms with E-state index in [2.05, 4.69) is 28.6 Å². The first-order chi connectivity index (χ1) is 9.13. The lowest BCUT2D eigenvalue weighted by molar-refractivity contribution is -0.133. The van der Waals surface area contributed by atoms with Crippen molar-refractivity contribution in [3.05, 3.63) is 28.2 Å². The van der Waals surface area contributed by atoms with Crippen molar-refractivity contribution in [1.29, 1.82) is 0 Å². The van der Waals surface area contributed by atoms with E-state index in [1.807, 2.05) is 16.9 Å². The molecule has 0 aliphatic heterocycles. The van der Waals surface area contributed by atoms with Gasteiger partial charge in [-0.1, -0.05) is 18.7 Å². The Labute approximate surface area is 119 Å². The summed E-state index contributed by atoms with van der Waals surface area (Å²) in [6.07, 6.45) is 0.773. The smallest absolute Gasteiger partial charge is 0.313 e. The molecule has 2 heterocycles. The van der Waals surface area contributed by atoms with Gasteiger partial charge in [0.1, 0.15) is 5.82 Å². The van der Waals surface area contributed by atoms with Gasteiger partial charge < -0.3 is 5.11 Å². The molecule has 0 fully saturated rings. The molecule has 1 unspecified atom stereocenters. The number of carbonyl (C=O) groups is 1. The van der Waals surface area contributed by atoms with Gasteiger partial charge in [0.2, 0.25) is 0 Å². The largest absolute Gasteiger partial charge is 0.481 e. The summed E-state index contributed by atoms with van der Waals surface area (Å²) in [5.41, 5.74) is 1.19. The third-order valence-electron chi connectivity index (χ3n) is 2.79. The van der Waals surface area contributed by atoms with Gasteiger partial charge in [-0.25, -0.2) is 0 Å². The van der Waals surface area contributed by atoms with Crippen LogP contribution in [0.1, 0.15) is 31.3 Å². The van der Waals surface area contributed by atoms with Crippen molar-refractivity contribution in [3.63, 3.8) is 0 Å². The minimum absolute atomic E-state index is 0.00178. The normalized spacial score (nSPS) is 12.5. The Balaban J connectivity index is 2.30. The Bertz CT molecular complexity index is 551. The zero-order valence-corrected chi connectivity index (χ0v) is 12.4. The summed E-state index contributed by atoms with van der Waals surface area (Å²) >= 11 is 2.86. The van der Waals surface area contributed by atoms with Gasteiger partial charge in [-0.2, -0.15) is 11.3 Å². The fourth-order valence-corrected chi connectivity index (χ4v) is 3.32. The van der Waals surface area contributed by atoms with Gasteiger partial charge in [0.05, 0.1) is 11.8 Å². The van der Waals surface area contributed by atoms with Crippen LogP contribution >= 0.6 is 23.1 Å². The van der Waals surface area contributed by atoms with Gasteiger partial charge in [0.25, 0.3) is 0 Å². The van der Waals surface area contributed by atoms with Crippen LogP contribution in [0.25, 0.3) is 0 Å². The van der Waals surface area contributed by atoms with Crippen molar-refractivity contribution in [2.45, 2.75) is 31.5 Å². The summed E-state index contributed by atoms with van der Waals surface area (Å²) in [6, 6.07) is 2.19. The van der Waals surface area contributed by atoms with Crippen molar-refractivity contribution in [2.75, 3.05) is 5.75 Å². The number of hydrogen-bond donors (Lipinski definition) is 1. The van der Waals surface area contributed by atoms with E-state index in [9.17, 15) is 4.79 Å². The number of thiophene rings is 1. The Kier molecular flexibility index (Phi) is 4.60. The minimum Gasteiger partial charge on any atom is -0.481 e. The molecule has 7 heteroatoms. The van der Waals surface area contributed by atoms with E-state index in [0.717, 1.165) is 12.2 Å². The van der Waals surface area contributed by atoms with Crippen molar-refractivity contribution < 1.29 is 9.90 Å². The Morgan fingerprint density at radius 2 is 2.37 bits per heavy atom. The van der Waals surface area contributed by atoms with Crippen molar-refractivity contribution in [2.24, 2.45) is 0 Å². The van der Waals surface area contributed by atoms with Crippen LogP contribution in [0, 0.1) is 0 Å². The summed E-state index contributed by atoms with van der Waals surface area (Å²) in [6.45, 7) is 4.10. The zero-order valence-electron chi connectivity index (χ0n) is 10.7. The highest BCUT2D eigenvalue weighted by atomic mass is 32.2. The second kappa shape index (κ2) is 6.21. The molecule has 2 rings (SSSR count). The molecular formula is C12H15N3O2S2. The van der Waals surface area contributed by atoms with Crippen LogP contribution in [-0.2, 0) is 11.2 Å². The molecule has 1 atom stereocenters. The van der Waals surface area contributed by atoms with Crippen molar-refractivity contribution in [1.82, 2.24) is 14.8 Å². The fourth-order valence-electron chi connectivity index (χ4n) is 1.82. The van der Waals surface area contributed by atoms with E-state index in [-0.39, 0.29) is 11.8 Å². The molecule has 0 spiro atoms. The Morgan fingerprint density at radius 3 is 2.95 bits per heavy atom. The molecule has 0 radical (unpaired) electrons. The van der Waals surface area contributed by atoms with E-state index in [4.69, 9.17) is 5.11 Å². The molecule has 0 amide bonds. The lowest BCUT2D eigenvalue weighted by Gasteiger charge is -2.16. The van der Waals surface area contributed by atoms with Crippen LogP contribution in [0.3, 0.4) is 0 Å². The highest BCUT2D eigenvalue weighted by Crippen LogP contribution is 2.27. The predicted molar refractivity (Wildman–Crippen MR) is 75.9 cm³/mol. The predicted octanol–water partition coefficient (Wildman–Crippen LogP) is 2.69. The molecule has 0 aromatic carbocycles. The zero-order chi connectivity index (χ0) is 13.8. The molecule has 0 aliphatic carbocycles. The molecule has 102 valence electrons. The molecule has 2 aromatic heterocycles. The first kappa shape index (κ1) is 14.1. The second-order valence-corrected chi connectivity index (χ2v) is 5.76. The van der Waals surface area contributed by atoms with Crippen molar-refractivity contribution >= 4 is 29.1 Å². The molecule has 0 aliphatic rings. The number of hydrogen-bond acceptors (Lipinski definition) is 5. The fraction of sp³-hybridized carbons (Fsp3) is 0.417. The maximum atomic E-state index is 10.7. The summed E-state index contributed by atoms with van der Waals surface area (Å²) in [4.78, 5) is 10.7. The lowest BCUT2D eigenvalue weighted by atomic mass is 10.2. The Hall–Kier alpha value is -1.34. The quantitative estimate of drug-likeness (QED) is 0.830. The number of carboxylic acid groups (broad SMARTS) is 1. The van der Waals surface area contributed by atoms with Crippen LogP contribution in [0.5, 0.6) is 0 Å². The molecule has 1 N–H and O–H groups in total. The maximum Gasteiger partial charge on any atom is 0.313 e. The van der Waals surface area contributed by atoms with Gasteiger partial charge in [0, 0.05) is 6.42 Å². The van der Waals surface area contributed by atoms with Gasteiger partial charge in [-0.15, -0.1) is 10.2 Å². The van der Waals surface area contributed by atoms with Crippen LogP contribution in [0.15, 0.2) is 22.0 Å². The van der Waals surface area contributed by atoms with E-state index in [1.165, 1.54) is 17.3 Å². The highest BCUT2D eigenvalue weighted by Gasteiger charge is 2.19. The number of carboxylic acids is 1. The number of aromatic nitrogens is 3. The second-order valence-electron chi connectivity index (χ2n) is 4.04. The lowest BCUT2D eigenvalue weighted by Crippen LogP contribution is -2.11. The van der Waals surface area contributed by atoms with E-state index < -0.39 is 5.97 Å². The van der Waals surface area contributed by atoms with Gasteiger partial charge >= 0.3 is 5.97 Å². The van der Waals surface area contributed by atoms with Gasteiger partial charge in [0.15, 0.2) is 5.16 Å². The summed E-state index contributed by atoms with van der Waals surface area (Å²) < 4.78 is 2.02. The van der Waals surface area contributed by atoms with E-state index in [0.29, 0.717) is 5.16 Å². The Morgan fingerprint density at radius 1 is 1.58 bits per heavy atom. The minimum atomic E-state index is -0.846. The third kappa shape index (κ3) is 3.16. The molecular weight excluding hydrogens is 282 g/mol. The number of nitrogens with zero attached hydrogens (tertiary/aromatic N) is 3. The van der Waals surface area contributed by atoms with E-state index >= 15 is 0 Å². The first-order valence-corrected chi connectivity index (χ1v) is 7.86. The topological polar surface area (TPSA) is 68.0 Å². The maximum absolute atomic E-state index is 10.7. The SMILES string of the molecule is CCc1nnc(SCC(=O)O)n1C(C)c1ccsc1. The van der Waals surface area contributed by atoms with Crippen molar-refractivity contribution in [3.8, 4) is 0 Å². The van der Waals surface area contributed by atoms with Gasteiger partial charge in [-0.05, 0) is 29.3 Å². The number of thioether (sulfide) groups is 1. The number of aryl methyl sites for hydroxylation is 1. The molecule has 5 nitrogen and oxygen atoms in total. The highest BCUT2D eigenvalue weighted by molar-refractivity contribution is 7.99. The molecule has 0 saturated carbocycles. The van der Waals surface area contributed by atoms with E-state index in [1.54, 1.807) is 11.3 Å². The molecule has 0 bridgehead atoms. The number of rotatable bonds is 6. The van der Waals surface area contributed by atoms with Gasteiger partial charge in [-0.3, -0.25) is 9.36 Å². The molecule has 2 aromatic rings. The third-order valence-corrected chi connectivity index (χ3v) is 4.42. The van der Waals surface area contributed by atoms with Crippen LogP contribution in [0.4, 0.5) is 0 Å². The average molecular weight is 297 g/mol. The summed E-state index contributed by atoms with van der Waals surface area (Å²) in [5.74, 6) is 0.0328. The number of aliphatic carboxylic acids is 1. The first-order valence-electron chi connectivity index (χ1n) is 5.94.